The maximum atomic E-state index is 4.48. The Kier molecular flexibility index (Phi) is 4.19. The Bertz CT molecular complexity index is 750. The molecule has 0 saturated carbocycles. The van der Waals surface area contributed by atoms with Gasteiger partial charge in [-0.1, -0.05) is 66.2 Å². The van der Waals surface area contributed by atoms with Gasteiger partial charge in [0, 0.05) is 6.20 Å². The number of pyridine rings is 1. The minimum Gasteiger partial charge on any atom is -0.359 e. The molecule has 1 aromatic heterocycles. The topological polar surface area (TPSA) is 24.9 Å². The van der Waals surface area contributed by atoms with Crippen LogP contribution >= 0.6 is 0 Å². The smallest absolute Gasteiger partial charge is 0.129 e. The zero-order valence-corrected chi connectivity index (χ0v) is 13.0. The van der Waals surface area contributed by atoms with Gasteiger partial charge in [-0.2, -0.15) is 0 Å². The average molecular weight is 288 g/mol. The third-order valence-corrected chi connectivity index (χ3v) is 3.80. The fourth-order valence-corrected chi connectivity index (χ4v) is 2.63. The molecule has 2 heteroatoms. The lowest BCUT2D eigenvalue weighted by Gasteiger charge is -2.22. The second-order valence-electron chi connectivity index (χ2n) is 5.57. The highest BCUT2D eigenvalue weighted by Crippen LogP contribution is 2.27. The summed E-state index contributed by atoms with van der Waals surface area (Å²) in [5, 5.41) is 3.60. The average Bonchev–Trinajstić information content (AvgIpc) is 2.55. The molecule has 0 aliphatic carbocycles. The van der Waals surface area contributed by atoms with Crippen LogP contribution < -0.4 is 5.32 Å². The third-order valence-electron chi connectivity index (χ3n) is 3.80. The molecule has 0 aliphatic rings. The van der Waals surface area contributed by atoms with Crippen molar-refractivity contribution in [2.45, 2.75) is 19.9 Å². The zero-order valence-electron chi connectivity index (χ0n) is 13.0. The van der Waals surface area contributed by atoms with E-state index < -0.39 is 0 Å². The number of nitrogens with zero attached hydrogens (tertiary/aromatic N) is 1. The van der Waals surface area contributed by atoms with Crippen molar-refractivity contribution in [3.8, 4) is 0 Å². The van der Waals surface area contributed by atoms with Gasteiger partial charge in [-0.3, -0.25) is 0 Å². The van der Waals surface area contributed by atoms with E-state index >= 15 is 0 Å². The molecule has 1 N–H and O–H groups in total. The molecule has 0 fully saturated rings. The van der Waals surface area contributed by atoms with Gasteiger partial charge in [0.25, 0.3) is 0 Å². The van der Waals surface area contributed by atoms with Crippen LogP contribution in [0.3, 0.4) is 0 Å². The van der Waals surface area contributed by atoms with E-state index in [1.165, 1.54) is 16.7 Å². The standard InChI is InChI=1S/C20H20N2/c1-15-8-6-12-18(14-15)19(17-10-4-3-5-11-17)22-20-16(2)9-7-13-21-20/h3-14,19H,1-2H3,(H,21,22). The van der Waals surface area contributed by atoms with Crippen molar-refractivity contribution in [3.63, 3.8) is 0 Å². The fraction of sp³-hybridized carbons (Fsp3) is 0.150. The molecule has 2 aromatic carbocycles. The highest BCUT2D eigenvalue weighted by atomic mass is 15.0. The molecule has 3 rings (SSSR count). The van der Waals surface area contributed by atoms with E-state index in [0.29, 0.717) is 0 Å². The van der Waals surface area contributed by atoms with Gasteiger partial charge in [-0.15, -0.1) is 0 Å². The summed E-state index contributed by atoms with van der Waals surface area (Å²) in [6.45, 7) is 4.20. The lowest BCUT2D eigenvalue weighted by Crippen LogP contribution is -2.14. The predicted molar refractivity (Wildman–Crippen MR) is 92.1 cm³/mol. The van der Waals surface area contributed by atoms with Crippen LogP contribution in [-0.2, 0) is 0 Å². The summed E-state index contributed by atoms with van der Waals surface area (Å²) in [5.41, 5.74) is 4.89. The maximum absolute atomic E-state index is 4.48. The molecule has 3 aromatic rings. The summed E-state index contributed by atoms with van der Waals surface area (Å²) in [5.74, 6) is 0.929. The second-order valence-corrected chi connectivity index (χ2v) is 5.57. The Morgan fingerprint density at radius 3 is 2.32 bits per heavy atom. The maximum Gasteiger partial charge on any atom is 0.129 e. The Morgan fingerprint density at radius 1 is 0.818 bits per heavy atom. The summed E-state index contributed by atoms with van der Waals surface area (Å²) in [6.07, 6.45) is 1.83. The van der Waals surface area contributed by atoms with Crippen LogP contribution in [0.4, 0.5) is 5.82 Å². The largest absolute Gasteiger partial charge is 0.359 e. The molecule has 110 valence electrons. The van der Waals surface area contributed by atoms with Crippen molar-refractivity contribution in [2.75, 3.05) is 5.32 Å². The summed E-state index contributed by atoms with van der Waals surface area (Å²) < 4.78 is 0. The number of rotatable bonds is 4. The van der Waals surface area contributed by atoms with Crippen molar-refractivity contribution >= 4 is 5.82 Å². The fourth-order valence-electron chi connectivity index (χ4n) is 2.63. The van der Waals surface area contributed by atoms with Crippen molar-refractivity contribution < 1.29 is 0 Å². The molecule has 0 amide bonds. The Labute approximate surface area is 131 Å². The monoisotopic (exact) mass is 288 g/mol. The molecular formula is C20H20N2. The minimum atomic E-state index is 0.0923. The number of hydrogen-bond acceptors (Lipinski definition) is 2. The van der Waals surface area contributed by atoms with Crippen LogP contribution in [0.15, 0.2) is 72.9 Å². The van der Waals surface area contributed by atoms with Gasteiger partial charge in [-0.25, -0.2) is 4.98 Å². The minimum absolute atomic E-state index is 0.0923. The van der Waals surface area contributed by atoms with E-state index in [-0.39, 0.29) is 6.04 Å². The van der Waals surface area contributed by atoms with Crippen LogP contribution in [-0.4, -0.2) is 4.98 Å². The first-order valence-electron chi connectivity index (χ1n) is 7.54. The molecule has 0 bridgehead atoms. The Morgan fingerprint density at radius 2 is 1.59 bits per heavy atom. The molecule has 1 heterocycles. The van der Waals surface area contributed by atoms with E-state index in [2.05, 4.69) is 78.7 Å². The first-order valence-corrected chi connectivity index (χ1v) is 7.54. The summed E-state index contributed by atoms with van der Waals surface area (Å²) in [7, 11) is 0. The third kappa shape index (κ3) is 3.17. The molecule has 0 radical (unpaired) electrons. The molecule has 1 atom stereocenters. The number of nitrogens with one attached hydrogen (secondary N) is 1. The normalized spacial score (nSPS) is 11.9. The van der Waals surface area contributed by atoms with Gasteiger partial charge in [-0.05, 0) is 36.6 Å². The van der Waals surface area contributed by atoms with Gasteiger partial charge in [0.2, 0.25) is 0 Å². The van der Waals surface area contributed by atoms with E-state index in [9.17, 15) is 0 Å². The quantitative estimate of drug-likeness (QED) is 0.738. The van der Waals surface area contributed by atoms with Crippen LogP contribution in [0.1, 0.15) is 28.3 Å². The highest BCUT2D eigenvalue weighted by Gasteiger charge is 2.15. The van der Waals surface area contributed by atoms with Crippen molar-refractivity contribution in [3.05, 3.63) is 95.2 Å². The highest BCUT2D eigenvalue weighted by molar-refractivity contribution is 5.49. The van der Waals surface area contributed by atoms with E-state index in [0.717, 1.165) is 11.4 Å². The van der Waals surface area contributed by atoms with Crippen LogP contribution in [0.25, 0.3) is 0 Å². The van der Waals surface area contributed by atoms with Gasteiger partial charge < -0.3 is 5.32 Å². The summed E-state index contributed by atoms with van der Waals surface area (Å²) in [4.78, 5) is 4.48. The molecule has 2 nitrogen and oxygen atoms in total. The molecule has 0 saturated heterocycles. The van der Waals surface area contributed by atoms with E-state index in [1.807, 2.05) is 18.3 Å². The number of aryl methyl sites for hydroxylation is 2. The summed E-state index contributed by atoms with van der Waals surface area (Å²) in [6, 6.07) is 23.2. The second kappa shape index (κ2) is 6.44. The van der Waals surface area contributed by atoms with Gasteiger partial charge >= 0.3 is 0 Å². The van der Waals surface area contributed by atoms with E-state index in [4.69, 9.17) is 0 Å². The van der Waals surface area contributed by atoms with Crippen LogP contribution in [0, 0.1) is 13.8 Å². The van der Waals surface area contributed by atoms with Crippen molar-refractivity contribution in [1.29, 1.82) is 0 Å². The van der Waals surface area contributed by atoms with Crippen molar-refractivity contribution in [1.82, 2.24) is 4.98 Å². The van der Waals surface area contributed by atoms with Gasteiger partial charge in [0.05, 0.1) is 6.04 Å². The summed E-state index contributed by atoms with van der Waals surface area (Å²) >= 11 is 0. The Hall–Kier alpha value is -2.61. The zero-order chi connectivity index (χ0) is 15.4. The number of anilines is 1. The molecular weight excluding hydrogens is 268 g/mol. The van der Waals surface area contributed by atoms with E-state index in [1.54, 1.807) is 0 Å². The lowest BCUT2D eigenvalue weighted by molar-refractivity contribution is 0.920. The molecule has 22 heavy (non-hydrogen) atoms. The van der Waals surface area contributed by atoms with Crippen LogP contribution in [0.2, 0.25) is 0 Å². The molecule has 0 aliphatic heterocycles. The van der Waals surface area contributed by atoms with Crippen LogP contribution in [0.5, 0.6) is 0 Å². The van der Waals surface area contributed by atoms with Gasteiger partial charge in [0.15, 0.2) is 0 Å². The Balaban J connectivity index is 2.02. The lowest BCUT2D eigenvalue weighted by atomic mass is 9.97. The number of benzene rings is 2. The predicted octanol–water partition coefficient (Wildman–Crippen LogP) is 4.90. The molecule has 1 unspecified atom stereocenters. The number of aromatic nitrogens is 1. The first-order chi connectivity index (χ1) is 10.7. The SMILES string of the molecule is Cc1cccc(C(Nc2ncccc2C)c2ccccc2)c1. The first kappa shape index (κ1) is 14.3. The van der Waals surface area contributed by atoms with Crippen molar-refractivity contribution in [2.24, 2.45) is 0 Å². The number of hydrogen-bond donors (Lipinski definition) is 1. The molecule has 0 spiro atoms. The van der Waals surface area contributed by atoms with Gasteiger partial charge in [0.1, 0.15) is 5.82 Å².